The van der Waals surface area contributed by atoms with Crippen molar-refractivity contribution in [2.75, 3.05) is 0 Å². The van der Waals surface area contributed by atoms with Crippen LogP contribution in [0.5, 0.6) is 0 Å². The van der Waals surface area contributed by atoms with Gasteiger partial charge in [-0.2, -0.15) is 0 Å². The largest absolute Gasteiger partial charge is 0.364 e. The maximum absolute atomic E-state index is 12.5. The van der Waals surface area contributed by atoms with Crippen LogP contribution in [0.4, 0.5) is 8.78 Å². The summed E-state index contributed by atoms with van der Waals surface area (Å²) in [6.07, 6.45) is -2.84. The highest BCUT2D eigenvalue weighted by Gasteiger charge is 2.20. The van der Waals surface area contributed by atoms with Crippen LogP contribution in [0.25, 0.3) is 0 Å². The van der Waals surface area contributed by atoms with Crippen molar-refractivity contribution in [1.29, 1.82) is 0 Å². The van der Waals surface area contributed by atoms with Crippen molar-refractivity contribution >= 4 is 5.91 Å². The van der Waals surface area contributed by atoms with Gasteiger partial charge >= 0.3 is 0 Å². The average molecular weight is 202 g/mol. The summed E-state index contributed by atoms with van der Waals surface area (Å²) in [6, 6.07) is 0.994. The van der Waals surface area contributed by atoms with Gasteiger partial charge in [0.2, 0.25) is 5.56 Å². The molecule has 0 aromatic carbocycles. The minimum Gasteiger partial charge on any atom is -0.364 e. The third-order valence-corrected chi connectivity index (χ3v) is 1.75. The first-order valence-electron chi connectivity index (χ1n) is 3.75. The topological polar surface area (TPSA) is 75.9 Å². The van der Waals surface area contributed by atoms with Crippen molar-refractivity contribution in [1.82, 2.24) is 4.98 Å². The SMILES string of the molecule is Cc1cc(=O)[nH]c(C(N)=O)c1C(F)F. The Morgan fingerprint density at radius 2 is 2.14 bits per heavy atom. The standard InChI is InChI=1S/C8H8F2N2O2/c1-3-2-4(13)12-6(8(11)14)5(3)7(9)10/h2,7H,1H3,(H2,11,14)(H,12,13). The Bertz CT molecular complexity index is 426. The van der Waals surface area contributed by atoms with Gasteiger partial charge in [0.1, 0.15) is 5.69 Å². The Kier molecular flexibility index (Phi) is 2.64. The number of carbonyl (C=O) groups excluding carboxylic acids is 1. The maximum atomic E-state index is 12.5. The van der Waals surface area contributed by atoms with Gasteiger partial charge in [-0.05, 0) is 12.5 Å². The molecule has 0 bridgehead atoms. The van der Waals surface area contributed by atoms with Crippen LogP contribution in [0.15, 0.2) is 10.9 Å². The number of halogens is 2. The quantitative estimate of drug-likeness (QED) is 0.741. The van der Waals surface area contributed by atoms with Gasteiger partial charge in [-0.25, -0.2) is 8.78 Å². The minimum absolute atomic E-state index is 0.0533. The summed E-state index contributed by atoms with van der Waals surface area (Å²) in [5.74, 6) is -1.07. The summed E-state index contributed by atoms with van der Waals surface area (Å²) in [4.78, 5) is 23.6. The molecule has 1 aromatic heterocycles. The fraction of sp³-hybridized carbons (Fsp3) is 0.250. The summed E-state index contributed by atoms with van der Waals surface area (Å²) < 4.78 is 24.9. The number of carbonyl (C=O) groups is 1. The Hall–Kier alpha value is -1.72. The zero-order valence-electron chi connectivity index (χ0n) is 7.30. The molecule has 0 saturated heterocycles. The molecule has 0 aliphatic rings. The number of nitrogens with one attached hydrogen (secondary N) is 1. The fourth-order valence-electron chi connectivity index (χ4n) is 1.17. The number of aromatic amines is 1. The minimum atomic E-state index is -2.84. The molecule has 4 nitrogen and oxygen atoms in total. The molecule has 0 saturated carbocycles. The number of nitrogens with two attached hydrogens (primary N) is 1. The predicted molar refractivity (Wildman–Crippen MR) is 45.3 cm³/mol. The lowest BCUT2D eigenvalue weighted by Gasteiger charge is -2.07. The van der Waals surface area contributed by atoms with Crippen LogP contribution in [0.2, 0.25) is 0 Å². The number of hydrogen-bond donors (Lipinski definition) is 2. The van der Waals surface area contributed by atoms with Crippen LogP contribution in [0.1, 0.15) is 28.0 Å². The normalized spacial score (nSPS) is 10.6. The number of amides is 1. The van der Waals surface area contributed by atoms with Crippen LogP contribution in [0, 0.1) is 6.92 Å². The van der Waals surface area contributed by atoms with Crippen LogP contribution >= 0.6 is 0 Å². The predicted octanol–water partition coefficient (Wildman–Crippen LogP) is 0.720. The number of rotatable bonds is 2. The van der Waals surface area contributed by atoms with Gasteiger partial charge in [-0.3, -0.25) is 9.59 Å². The lowest BCUT2D eigenvalue weighted by Crippen LogP contribution is -2.22. The third-order valence-electron chi connectivity index (χ3n) is 1.75. The molecule has 1 heterocycles. The second-order valence-corrected chi connectivity index (χ2v) is 2.77. The van der Waals surface area contributed by atoms with E-state index in [9.17, 15) is 18.4 Å². The molecule has 6 heteroatoms. The highest BCUT2D eigenvalue weighted by molar-refractivity contribution is 5.92. The third kappa shape index (κ3) is 1.78. The molecule has 0 radical (unpaired) electrons. The maximum Gasteiger partial charge on any atom is 0.266 e. The Balaban J connectivity index is 3.52. The van der Waals surface area contributed by atoms with Gasteiger partial charge in [0.05, 0.1) is 5.56 Å². The molecule has 0 spiro atoms. The van der Waals surface area contributed by atoms with Crippen LogP contribution in [-0.2, 0) is 0 Å². The summed E-state index contributed by atoms with van der Waals surface area (Å²) in [6.45, 7) is 1.32. The summed E-state index contributed by atoms with van der Waals surface area (Å²) >= 11 is 0. The molecule has 0 aliphatic heterocycles. The van der Waals surface area contributed by atoms with Crippen molar-refractivity contribution in [3.05, 3.63) is 33.2 Å². The van der Waals surface area contributed by atoms with Gasteiger partial charge in [0, 0.05) is 6.07 Å². The van der Waals surface area contributed by atoms with E-state index in [1.807, 2.05) is 4.98 Å². The highest BCUT2D eigenvalue weighted by atomic mass is 19.3. The van der Waals surface area contributed by atoms with E-state index in [0.717, 1.165) is 6.07 Å². The first-order chi connectivity index (χ1) is 6.43. The molecule has 1 amide bonds. The molecule has 0 atom stereocenters. The molecule has 0 unspecified atom stereocenters. The molecule has 76 valence electrons. The van der Waals surface area contributed by atoms with E-state index in [1.165, 1.54) is 6.92 Å². The van der Waals surface area contributed by atoms with Crippen molar-refractivity contribution in [2.45, 2.75) is 13.3 Å². The molecule has 1 rings (SSSR count). The van der Waals surface area contributed by atoms with Crippen LogP contribution < -0.4 is 11.3 Å². The smallest absolute Gasteiger partial charge is 0.266 e. The number of aryl methyl sites for hydroxylation is 1. The van der Waals surface area contributed by atoms with Crippen molar-refractivity contribution in [2.24, 2.45) is 5.73 Å². The molecule has 0 fully saturated rings. The second kappa shape index (κ2) is 3.57. The zero-order chi connectivity index (χ0) is 10.9. The Labute approximate surface area is 77.7 Å². The van der Waals surface area contributed by atoms with E-state index in [4.69, 9.17) is 5.73 Å². The summed E-state index contributed by atoms with van der Waals surface area (Å²) in [5, 5.41) is 0. The van der Waals surface area contributed by atoms with Crippen LogP contribution in [0.3, 0.4) is 0 Å². The van der Waals surface area contributed by atoms with E-state index in [0.29, 0.717) is 0 Å². The van der Waals surface area contributed by atoms with Crippen molar-refractivity contribution < 1.29 is 13.6 Å². The first-order valence-corrected chi connectivity index (χ1v) is 3.75. The number of alkyl halides is 2. The van der Waals surface area contributed by atoms with E-state index in [1.54, 1.807) is 0 Å². The summed E-state index contributed by atoms with van der Waals surface area (Å²) in [7, 11) is 0. The molecule has 0 aliphatic carbocycles. The Morgan fingerprint density at radius 3 is 2.57 bits per heavy atom. The van der Waals surface area contributed by atoms with E-state index in [2.05, 4.69) is 0 Å². The van der Waals surface area contributed by atoms with E-state index < -0.39 is 29.1 Å². The lowest BCUT2D eigenvalue weighted by molar-refractivity contribution is 0.0979. The number of primary amides is 1. The average Bonchev–Trinajstić information content (AvgIpc) is 2.01. The van der Waals surface area contributed by atoms with Crippen LogP contribution in [-0.4, -0.2) is 10.9 Å². The first kappa shape index (κ1) is 10.4. The molecule has 14 heavy (non-hydrogen) atoms. The number of pyridine rings is 1. The van der Waals surface area contributed by atoms with Gasteiger partial charge in [0.25, 0.3) is 12.3 Å². The van der Waals surface area contributed by atoms with Crippen molar-refractivity contribution in [3.8, 4) is 0 Å². The van der Waals surface area contributed by atoms with Gasteiger partial charge in [0.15, 0.2) is 0 Å². The molecule has 3 N–H and O–H groups in total. The zero-order valence-corrected chi connectivity index (χ0v) is 7.30. The highest BCUT2D eigenvalue weighted by Crippen LogP contribution is 2.23. The molecule has 1 aromatic rings. The van der Waals surface area contributed by atoms with Gasteiger partial charge in [-0.15, -0.1) is 0 Å². The van der Waals surface area contributed by atoms with E-state index in [-0.39, 0.29) is 5.56 Å². The molecular formula is C8H8F2N2O2. The van der Waals surface area contributed by atoms with Crippen molar-refractivity contribution in [3.63, 3.8) is 0 Å². The lowest BCUT2D eigenvalue weighted by atomic mass is 10.1. The number of aromatic nitrogens is 1. The van der Waals surface area contributed by atoms with E-state index >= 15 is 0 Å². The number of hydrogen-bond acceptors (Lipinski definition) is 2. The summed E-state index contributed by atoms with van der Waals surface area (Å²) in [5.41, 5.74) is 3.24. The van der Waals surface area contributed by atoms with Gasteiger partial charge in [-0.1, -0.05) is 0 Å². The fourth-order valence-corrected chi connectivity index (χ4v) is 1.17. The second-order valence-electron chi connectivity index (χ2n) is 2.77. The van der Waals surface area contributed by atoms with Gasteiger partial charge < -0.3 is 10.7 Å². The molecular weight excluding hydrogens is 194 g/mol. The monoisotopic (exact) mass is 202 g/mol. The Morgan fingerprint density at radius 1 is 1.57 bits per heavy atom. The number of H-pyrrole nitrogens is 1.